The minimum Gasteiger partial charge on any atom is -0.480 e. The molecule has 116 valence electrons. The molecule has 3 N–H and O–H groups in total. The summed E-state index contributed by atoms with van der Waals surface area (Å²) in [4.78, 5) is 30.4. The highest BCUT2D eigenvalue weighted by molar-refractivity contribution is 7.98. The van der Waals surface area contributed by atoms with E-state index >= 15 is 0 Å². The first kappa shape index (κ1) is 16.0. The third-order valence-corrected chi connectivity index (χ3v) is 3.75. The molecule has 7 nitrogen and oxygen atoms in total. The van der Waals surface area contributed by atoms with Crippen LogP contribution in [0.5, 0.6) is 0 Å². The van der Waals surface area contributed by atoms with E-state index in [0.29, 0.717) is 28.9 Å². The van der Waals surface area contributed by atoms with Gasteiger partial charge in [-0.25, -0.2) is 19.6 Å². The number of hydrogen-bond acceptors (Lipinski definition) is 6. The Hall–Kier alpha value is -2.35. The van der Waals surface area contributed by atoms with E-state index in [1.165, 1.54) is 18.5 Å². The molecule has 0 fully saturated rings. The van der Waals surface area contributed by atoms with Gasteiger partial charge in [-0.15, -0.1) is 0 Å². The normalized spacial score (nSPS) is 12.0. The highest BCUT2D eigenvalue weighted by Crippen LogP contribution is 2.21. The molecule has 8 heteroatoms. The van der Waals surface area contributed by atoms with Gasteiger partial charge in [-0.2, -0.15) is 11.8 Å². The van der Waals surface area contributed by atoms with Crippen LogP contribution in [0.1, 0.15) is 16.8 Å². The average Bonchev–Trinajstić information content (AvgIpc) is 2.50. The molecule has 0 amide bonds. The first-order valence-corrected chi connectivity index (χ1v) is 7.88. The number of benzene rings is 1. The van der Waals surface area contributed by atoms with Gasteiger partial charge in [0, 0.05) is 5.39 Å². The van der Waals surface area contributed by atoms with Crippen molar-refractivity contribution in [2.24, 2.45) is 0 Å². The Bertz CT molecular complexity index is 708. The number of carboxylic acid groups (broad SMARTS) is 2. The van der Waals surface area contributed by atoms with Crippen molar-refractivity contribution < 1.29 is 19.8 Å². The van der Waals surface area contributed by atoms with Crippen LogP contribution in [0.4, 0.5) is 5.82 Å². The summed E-state index contributed by atoms with van der Waals surface area (Å²) in [5.41, 5.74) is 0.570. The van der Waals surface area contributed by atoms with Gasteiger partial charge >= 0.3 is 11.9 Å². The maximum atomic E-state index is 11.3. The maximum Gasteiger partial charge on any atom is 0.335 e. The highest BCUT2D eigenvalue weighted by Gasteiger charge is 2.18. The number of nitrogens with zero attached hydrogens (tertiary/aromatic N) is 2. The van der Waals surface area contributed by atoms with Gasteiger partial charge < -0.3 is 15.5 Å². The first-order valence-electron chi connectivity index (χ1n) is 6.49. The lowest BCUT2D eigenvalue weighted by atomic mass is 10.1. The number of aromatic carboxylic acids is 1. The molecule has 1 atom stereocenters. The molecule has 2 aromatic rings. The van der Waals surface area contributed by atoms with E-state index in [1.807, 2.05) is 6.26 Å². The fourth-order valence-corrected chi connectivity index (χ4v) is 2.43. The van der Waals surface area contributed by atoms with Crippen molar-refractivity contribution in [1.82, 2.24) is 9.97 Å². The van der Waals surface area contributed by atoms with Crippen LogP contribution in [0.3, 0.4) is 0 Å². The molecule has 0 unspecified atom stereocenters. The van der Waals surface area contributed by atoms with Crippen molar-refractivity contribution in [1.29, 1.82) is 0 Å². The number of aromatic nitrogens is 2. The lowest BCUT2D eigenvalue weighted by Gasteiger charge is -2.15. The van der Waals surface area contributed by atoms with E-state index < -0.39 is 18.0 Å². The number of anilines is 1. The van der Waals surface area contributed by atoms with E-state index in [4.69, 9.17) is 5.11 Å². The number of thioether (sulfide) groups is 1. The topological polar surface area (TPSA) is 112 Å². The fraction of sp³-hybridized carbons (Fsp3) is 0.286. The van der Waals surface area contributed by atoms with E-state index in [0.717, 1.165) is 0 Å². The number of rotatable bonds is 7. The Balaban J connectivity index is 2.34. The zero-order valence-corrected chi connectivity index (χ0v) is 12.6. The van der Waals surface area contributed by atoms with Crippen LogP contribution in [0.2, 0.25) is 0 Å². The number of nitrogens with one attached hydrogen (secondary N) is 1. The summed E-state index contributed by atoms with van der Waals surface area (Å²) in [7, 11) is 0. The van der Waals surface area contributed by atoms with E-state index in [-0.39, 0.29) is 5.56 Å². The van der Waals surface area contributed by atoms with Gasteiger partial charge in [0.25, 0.3) is 0 Å². The van der Waals surface area contributed by atoms with Crippen molar-refractivity contribution in [3.05, 3.63) is 30.1 Å². The lowest BCUT2D eigenvalue weighted by Crippen LogP contribution is -2.30. The minimum atomic E-state index is -1.04. The molecule has 1 aromatic carbocycles. The second-order valence-corrected chi connectivity index (χ2v) is 5.56. The van der Waals surface area contributed by atoms with Crippen molar-refractivity contribution in [2.45, 2.75) is 12.5 Å². The predicted molar refractivity (Wildman–Crippen MR) is 84.5 cm³/mol. The summed E-state index contributed by atoms with van der Waals surface area (Å²) in [6.07, 6.45) is 3.64. The molecule has 0 aliphatic heterocycles. The summed E-state index contributed by atoms with van der Waals surface area (Å²) < 4.78 is 0. The van der Waals surface area contributed by atoms with Crippen molar-refractivity contribution in [2.75, 3.05) is 17.3 Å². The molecule has 0 saturated carbocycles. The van der Waals surface area contributed by atoms with Crippen molar-refractivity contribution in [3.63, 3.8) is 0 Å². The van der Waals surface area contributed by atoms with E-state index in [1.54, 1.807) is 17.8 Å². The number of aliphatic carboxylic acids is 1. The average molecular weight is 321 g/mol. The molecule has 0 saturated heterocycles. The maximum absolute atomic E-state index is 11.3. The van der Waals surface area contributed by atoms with E-state index in [9.17, 15) is 14.7 Å². The highest BCUT2D eigenvalue weighted by atomic mass is 32.2. The van der Waals surface area contributed by atoms with Crippen LogP contribution >= 0.6 is 11.8 Å². The van der Waals surface area contributed by atoms with Gasteiger partial charge in [-0.1, -0.05) is 0 Å². The Morgan fingerprint density at radius 1 is 1.32 bits per heavy atom. The third-order valence-electron chi connectivity index (χ3n) is 3.10. The largest absolute Gasteiger partial charge is 0.480 e. The second-order valence-electron chi connectivity index (χ2n) is 4.58. The predicted octanol–water partition coefficient (Wildman–Crippen LogP) is 1.95. The second kappa shape index (κ2) is 7.08. The summed E-state index contributed by atoms with van der Waals surface area (Å²) in [5, 5.41) is 21.7. The molecule has 1 heterocycles. The van der Waals surface area contributed by atoms with Crippen LogP contribution in [-0.4, -0.2) is 50.2 Å². The van der Waals surface area contributed by atoms with Gasteiger partial charge in [0.2, 0.25) is 0 Å². The van der Waals surface area contributed by atoms with Gasteiger partial charge in [0.15, 0.2) is 0 Å². The minimum absolute atomic E-state index is 0.120. The summed E-state index contributed by atoms with van der Waals surface area (Å²) in [6, 6.07) is 3.69. The van der Waals surface area contributed by atoms with E-state index in [2.05, 4.69) is 15.3 Å². The SMILES string of the molecule is CSCC[C@H](Nc1ncnc2cc(C(=O)O)ccc12)C(=O)O. The third kappa shape index (κ3) is 3.64. The van der Waals surface area contributed by atoms with Gasteiger partial charge in [-0.3, -0.25) is 0 Å². The van der Waals surface area contributed by atoms with Crippen LogP contribution in [0, 0.1) is 0 Å². The molecule has 22 heavy (non-hydrogen) atoms. The van der Waals surface area contributed by atoms with Gasteiger partial charge in [-0.05, 0) is 36.6 Å². The molecule has 0 radical (unpaired) electrons. The van der Waals surface area contributed by atoms with Crippen molar-refractivity contribution >= 4 is 40.4 Å². The van der Waals surface area contributed by atoms with Crippen LogP contribution in [0.25, 0.3) is 10.9 Å². The zero-order valence-electron chi connectivity index (χ0n) is 11.8. The quantitative estimate of drug-likeness (QED) is 0.709. The van der Waals surface area contributed by atoms with Crippen LogP contribution in [0.15, 0.2) is 24.5 Å². The molecule has 0 aliphatic rings. The standard InChI is InChI=1S/C14H15N3O4S/c1-22-5-4-10(14(20)21)17-12-9-3-2-8(13(18)19)6-11(9)15-7-16-12/h2-3,6-7,10H,4-5H2,1H3,(H,18,19)(H,20,21)(H,15,16,17)/t10-/m0/s1. The zero-order chi connectivity index (χ0) is 16.1. The number of hydrogen-bond donors (Lipinski definition) is 3. The van der Waals surface area contributed by atoms with Gasteiger partial charge in [0.05, 0.1) is 11.1 Å². The van der Waals surface area contributed by atoms with Crippen LogP contribution < -0.4 is 5.32 Å². The number of carbonyl (C=O) groups is 2. The first-order chi connectivity index (χ1) is 10.5. The fourth-order valence-electron chi connectivity index (χ4n) is 1.96. The summed E-state index contributed by atoms with van der Waals surface area (Å²) >= 11 is 1.57. The van der Waals surface area contributed by atoms with Crippen molar-refractivity contribution in [3.8, 4) is 0 Å². The summed E-state index contributed by atoms with van der Waals surface area (Å²) in [5.74, 6) is -0.910. The molecular weight excluding hydrogens is 306 g/mol. The number of carboxylic acids is 2. The molecule has 0 spiro atoms. The molecule has 2 rings (SSSR count). The Kier molecular flexibility index (Phi) is 5.16. The smallest absolute Gasteiger partial charge is 0.335 e. The van der Waals surface area contributed by atoms with Crippen LogP contribution in [-0.2, 0) is 4.79 Å². The molecule has 1 aromatic heterocycles. The molecular formula is C14H15N3O4S. The van der Waals surface area contributed by atoms with Gasteiger partial charge in [0.1, 0.15) is 18.2 Å². The molecule has 0 aliphatic carbocycles. The Morgan fingerprint density at radius 3 is 2.73 bits per heavy atom. The Morgan fingerprint density at radius 2 is 2.09 bits per heavy atom. The lowest BCUT2D eigenvalue weighted by molar-refractivity contribution is -0.137. The monoisotopic (exact) mass is 321 g/mol. The summed E-state index contributed by atoms with van der Waals surface area (Å²) in [6.45, 7) is 0. The number of fused-ring (bicyclic) bond motifs is 1. The Labute approximate surface area is 130 Å². The molecule has 0 bridgehead atoms.